The predicted molar refractivity (Wildman–Crippen MR) is 77.8 cm³/mol. The predicted octanol–water partition coefficient (Wildman–Crippen LogP) is 4.63. The Kier molecular flexibility index (Phi) is 4.70. The molecule has 0 heterocycles. The van der Waals surface area contributed by atoms with Gasteiger partial charge in [0.15, 0.2) is 0 Å². The number of carbonyl (C=O) groups is 1. The first-order chi connectivity index (χ1) is 9.09. The van der Waals surface area contributed by atoms with Gasteiger partial charge in [0.2, 0.25) is 0 Å². The summed E-state index contributed by atoms with van der Waals surface area (Å²) in [7, 11) is 0. The molecule has 2 saturated carbocycles. The van der Waals surface area contributed by atoms with Crippen LogP contribution in [0.5, 0.6) is 0 Å². The molecule has 0 amide bonds. The van der Waals surface area contributed by atoms with Crippen molar-refractivity contribution in [1.29, 1.82) is 0 Å². The molecule has 108 valence electrons. The van der Waals surface area contributed by atoms with Crippen molar-refractivity contribution in [3.8, 4) is 0 Å². The normalized spacial score (nSPS) is 33.2. The summed E-state index contributed by atoms with van der Waals surface area (Å²) >= 11 is 0. The number of hydrogen-bond donors (Lipinski definition) is 0. The van der Waals surface area contributed by atoms with E-state index in [-0.39, 0.29) is 11.6 Å². The van der Waals surface area contributed by atoms with Gasteiger partial charge in [-0.1, -0.05) is 39.2 Å². The average Bonchev–Trinajstić information content (AvgIpc) is 2.94. The minimum absolute atomic E-state index is 0.160. The minimum atomic E-state index is -0.177. The number of rotatable bonds is 6. The highest BCUT2D eigenvalue weighted by Gasteiger charge is 2.52. The maximum Gasteiger partial charge on any atom is 0.333 e. The van der Waals surface area contributed by atoms with Crippen molar-refractivity contribution in [2.24, 2.45) is 11.8 Å². The van der Waals surface area contributed by atoms with Gasteiger partial charge in [0, 0.05) is 11.5 Å². The second kappa shape index (κ2) is 6.11. The Balaban J connectivity index is 2.08. The van der Waals surface area contributed by atoms with E-state index in [0.29, 0.717) is 11.5 Å². The first-order valence-electron chi connectivity index (χ1n) is 7.98. The Hall–Kier alpha value is -0.790. The molecule has 3 atom stereocenters. The van der Waals surface area contributed by atoms with Crippen LogP contribution >= 0.6 is 0 Å². The van der Waals surface area contributed by atoms with Crippen molar-refractivity contribution in [2.75, 3.05) is 0 Å². The summed E-state index contributed by atoms with van der Waals surface area (Å²) in [6.45, 7) is 7.71. The lowest BCUT2D eigenvalue weighted by Crippen LogP contribution is -2.39. The van der Waals surface area contributed by atoms with Gasteiger partial charge in [-0.3, -0.25) is 0 Å². The Morgan fingerprint density at radius 3 is 2.79 bits per heavy atom. The molecule has 2 heteroatoms. The maximum absolute atomic E-state index is 12.0. The maximum atomic E-state index is 12.0. The van der Waals surface area contributed by atoms with Crippen molar-refractivity contribution < 1.29 is 9.53 Å². The fraction of sp³-hybridized carbons (Fsp3) is 0.824. The van der Waals surface area contributed by atoms with Crippen molar-refractivity contribution in [1.82, 2.24) is 0 Å². The quantitative estimate of drug-likeness (QED) is 0.397. The molecule has 0 N–H and O–H groups in total. The lowest BCUT2D eigenvalue weighted by atomic mass is 9.83. The summed E-state index contributed by atoms with van der Waals surface area (Å²) < 4.78 is 5.98. The molecular formula is C17H28O2. The Bertz CT molecular complexity index is 347. The van der Waals surface area contributed by atoms with Crippen LogP contribution in [-0.2, 0) is 9.53 Å². The van der Waals surface area contributed by atoms with Crippen LogP contribution in [0.4, 0.5) is 0 Å². The van der Waals surface area contributed by atoms with E-state index in [4.69, 9.17) is 4.74 Å². The molecule has 0 radical (unpaired) electrons. The van der Waals surface area contributed by atoms with E-state index in [1.165, 1.54) is 44.9 Å². The second-order valence-electron chi connectivity index (χ2n) is 6.53. The molecule has 0 bridgehead atoms. The molecular weight excluding hydrogens is 236 g/mol. The van der Waals surface area contributed by atoms with E-state index in [2.05, 4.69) is 13.5 Å². The van der Waals surface area contributed by atoms with Crippen molar-refractivity contribution in [3.05, 3.63) is 12.2 Å². The van der Waals surface area contributed by atoms with E-state index in [0.717, 1.165) is 18.8 Å². The van der Waals surface area contributed by atoms with Crippen LogP contribution in [-0.4, -0.2) is 11.6 Å². The number of esters is 1. The zero-order valence-corrected chi connectivity index (χ0v) is 12.5. The summed E-state index contributed by atoms with van der Waals surface area (Å²) in [5.41, 5.74) is 0.378. The van der Waals surface area contributed by atoms with Crippen LogP contribution in [0.25, 0.3) is 0 Å². The van der Waals surface area contributed by atoms with Gasteiger partial charge in [-0.15, -0.1) is 0 Å². The van der Waals surface area contributed by atoms with E-state index < -0.39 is 0 Å². The lowest BCUT2D eigenvalue weighted by molar-refractivity contribution is -0.160. The molecule has 0 aromatic rings. The van der Waals surface area contributed by atoms with Crippen LogP contribution in [0.15, 0.2) is 12.2 Å². The molecule has 2 aliphatic carbocycles. The monoisotopic (exact) mass is 264 g/mol. The molecule has 0 spiro atoms. The van der Waals surface area contributed by atoms with Gasteiger partial charge in [-0.2, -0.15) is 0 Å². The van der Waals surface area contributed by atoms with Gasteiger partial charge < -0.3 is 4.74 Å². The summed E-state index contributed by atoms with van der Waals surface area (Å²) in [5, 5.41) is 0. The fourth-order valence-corrected chi connectivity index (χ4v) is 4.12. The van der Waals surface area contributed by atoms with Gasteiger partial charge in [0.05, 0.1) is 0 Å². The summed E-state index contributed by atoms with van der Waals surface area (Å²) in [6.07, 6.45) is 10.9. The molecule has 0 aliphatic heterocycles. The molecule has 0 aromatic heterocycles. The van der Waals surface area contributed by atoms with Gasteiger partial charge >= 0.3 is 5.97 Å². The molecule has 2 fully saturated rings. The Morgan fingerprint density at radius 1 is 1.32 bits per heavy atom. The zero-order valence-electron chi connectivity index (χ0n) is 12.5. The highest BCUT2D eigenvalue weighted by Crippen LogP contribution is 2.53. The third-order valence-corrected chi connectivity index (χ3v) is 5.12. The Labute approximate surface area is 117 Å². The minimum Gasteiger partial charge on any atom is -0.455 e. The smallest absolute Gasteiger partial charge is 0.333 e. The van der Waals surface area contributed by atoms with Gasteiger partial charge in [-0.05, 0) is 44.9 Å². The lowest BCUT2D eigenvalue weighted by Gasteiger charge is -2.35. The first-order valence-corrected chi connectivity index (χ1v) is 7.98. The SMILES string of the molecule is C=C(C)C(=O)OC1(CCCCC)CCC2CCCC21. The third kappa shape index (κ3) is 3.04. The van der Waals surface area contributed by atoms with E-state index in [9.17, 15) is 4.79 Å². The molecule has 2 rings (SSSR count). The molecule has 2 nitrogen and oxygen atoms in total. The Morgan fingerprint density at radius 2 is 2.11 bits per heavy atom. The summed E-state index contributed by atoms with van der Waals surface area (Å²) in [4.78, 5) is 12.0. The zero-order chi connectivity index (χ0) is 13.9. The molecule has 0 saturated heterocycles. The van der Waals surface area contributed by atoms with Crippen LogP contribution < -0.4 is 0 Å². The van der Waals surface area contributed by atoms with Crippen LogP contribution in [0.2, 0.25) is 0 Å². The molecule has 19 heavy (non-hydrogen) atoms. The van der Waals surface area contributed by atoms with Crippen LogP contribution in [0, 0.1) is 11.8 Å². The average molecular weight is 264 g/mol. The van der Waals surface area contributed by atoms with Gasteiger partial charge in [0.25, 0.3) is 0 Å². The first kappa shape index (κ1) is 14.6. The van der Waals surface area contributed by atoms with Crippen molar-refractivity contribution in [2.45, 2.75) is 77.2 Å². The van der Waals surface area contributed by atoms with Crippen molar-refractivity contribution >= 4 is 5.97 Å². The highest BCUT2D eigenvalue weighted by atomic mass is 16.6. The van der Waals surface area contributed by atoms with Crippen LogP contribution in [0.3, 0.4) is 0 Å². The number of ether oxygens (including phenoxy) is 1. The number of unbranched alkanes of at least 4 members (excludes halogenated alkanes) is 2. The topological polar surface area (TPSA) is 26.3 Å². The number of hydrogen-bond acceptors (Lipinski definition) is 2. The van der Waals surface area contributed by atoms with E-state index >= 15 is 0 Å². The standard InChI is InChI=1S/C17H28O2/c1-4-5-6-11-17(19-16(18)13(2)3)12-10-14-8-7-9-15(14)17/h14-15H,2,4-12H2,1,3H3. The van der Waals surface area contributed by atoms with Crippen LogP contribution in [0.1, 0.15) is 71.6 Å². The number of carbonyl (C=O) groups excluding carboxylic acids is 1. The summed E-state index contributed by atoms with van der Waals surface area (Å²) in [5.74, 6) is 1.25. The third-order valence-electron chi connectivity index (χ3n) is 5.12. The highest BCUT2D eigenvalue weighted by molar-refractivity contribution is 5.87. The largest absolute Gasteiger partial charge is 0.455 e. The van der Waals surface area contributed by atoms with Crippen molar-refractivity contribution in [3.63, 3.8) is 0 Å². The van der Waals surface area contributed by atoms with E-state index in [1.807, 2.05) is 0 Å². The van der Waals surface area contributed by atoms with Gasteiger partial charge in [-0.25, -0.2) is 4.79 Å². The molecule has 0 aromatic carbocycles. The van der Waals surface area contributed by atoms with E-state index in [1.54, 1.807) is 6.92 Å². The molecule has 2 aliphatic rings. The fourth-order valence-electron chi connectivity index (χ4n) is 4.12. The summed E-state index contributed by atoms with van der Waals surface area (Å²) in [6, 6.07) is 0. The molecule has 3 unspecified atom stereocenters. The van der Waals surface area contributed by atoms with Gasteiger partial charge in [0.1, 0.15) is 5.60 Å². The number of fused-ring (bicyclic) bond motifs is 1. The second-order valence-corrected chi connectivity index (χ2v) is 6.53.